The van der Waals surface area contributed by atoms with Crippen molar-refractivity contribution >= 4 is 23.0 Å². The van der Waals surface area contributed by atoms with Crippen molar-refractivity contribution in [1.82, 2.24) is 15.0 Å². The summed E-state index contributed by atoms with van der Waals surface area (Å²) < 4.78 is 5.01. The van der Waals surface area contributed by atoms with Gasteiger partial charge in [0.05, 0.1) is 22.6 Å². The molecule has 7 heteroatoms. The van der Waals surface area contributed by atoms with Gasteiger partial charge in [-0.05, 0) is 13.0 Å². The first-order chi connectivity index (χ1) is 9.97. The quantitative estimate of drug-likeness (QED) is 0.915. The predicted octanol–water partition coefficient (Wildman–Crippen LogP) is 1.32. The summed E-state index contributed by atoms with van der Waals surface area (Å²) in [5.41, 5.74) is 1.56. The highest BCUT2D eigenvalue weighted by Crippen LogP contribution is 2.26. The Morgan fingerprint density at radius 1 is 1.48 bits per heavy atom. The van der Waals surface area contributed by atoms with E-state index >= 15 is 0 Å². The number of carboxylic acids is 1. The number of likely N-dealkylation sites (tertiary alicyclic amines) is 1. The molecule has 2 aromatic rings. The lowest BCUT2D eigenvalue weighted by Gasteiger charge is -2.41. The molecule has 1 N–H and O–H groups in total. The third-order valence-electron chi connectivity index (χ3n) is 4.05. The van der Waals surface area contributed by atoms with Crippen LogP contribution in [-0.4, -0.2) is 45.1 Å². The summed E-state index contributed by atoms with van der Waals surface area (Å²) in [7, 11) is 0. The Labute approximate surface area is 120 Å². The molecule has 1 aliphatic heterocycles. The molecule has 7 nitrogen and oxygen atoms in total. The molecule has 1 atom stereocenters. The first kappa shape index (κ1) is 13.5. The van der Waals surface area contributed by atoms with Gasteiger partial charge in [-0.2, -0.15) is 0 Å². The van der Waals surface area contributed by atoms with E-state index in [1.807, 2.05) is 0 Å². The summed E-state index contributed by atoms with van der Waals surface area (Å²) in [5.74, 6) is -1.38. The Bertz CT molecular complexity index is 718. The van der Waals surface area contributed by atoms with Crippen molar-refractivity contribution in [2.24, 2.45) is 11.8 Å². The molecular formula is C14H15N3O4. The molecule has 0 aliphatic carbocycles. The van der Waals surface area contributed by atoms with Crippen LogP contribution in [0.1, 0.15) is 23.0 Å². The first-order valence-corrected chi connectivity index (χ1v) is 6.71. The van der Waals surface area contributed by atoms with Crippen LogP contribution in [0.25, 0.3) is 11.1 Å². The number of nitrogens with zero attached hydrogens (tertiary/aromatic N) is 3. The van der Waals surface area contributed by atoms with E-state index in [2.05, 4.69) is 10.1 Å². The van der Waals surface area contributed by atoms with Crippen molar-refractivity contribution < 1.29 is 19.2 Å². The molecule has 1 saturated heterocycles. The summed E-state index contributed by atoms with van der Waals surface area (Å²) >= 11 is 0. The Morgan fingerprint density at radius 2 is 2.19 bits per heavy atom. The van der Waals surface area contributed by atoms with E-state index < -0.39 is 11.9 Å². The minimum absolute atomic E-state index is 0.0143. The van der Waals surface area contributed by atoms with Crippen LogP contribution in [0, 0.1) is 18.8 Å². The van der Waals surface area contributed by atoms with Gasteiger partial charge in [-0.1, -0.05) is 12.1 Å². The average Bonchev–Trinajstić information content (AvgIpc) is 2.78. The van der Waals surface area contributed by atoms with Crippen LogP contribution in [0.3, 0.4) is 0 Å². The molecule has 0 saturated carbocycles. The van der Waals surface area contributed by atoms with Gasteiger partial charge in [0, 0.05) is 25.2 Å². The number of aryl methyl sites for hydroxylation is 1. The van der Waals surface area contributed by atoms with Crippen molar-refractivity contribution in [3.63, 3.8) is 0 Å². The minimum atomic E-state index is -0.824. The normalized spacial score (nSPS) is 16.8. The largest absolute Gasteiger partial charge is 0.481 e. The SMILES string of the molecule is Cc1noc2ncc(C(=O)N3CC(C(C)C(=O)O)C3)cc12. The Hall–Kier alpha value is -2.44. The van der Waals surface area contributed by atoms with E-state index in [0.29, 0.717) is 30.1 Å². The summed E-state index contributed by atoms with van der Waals surface area (Å²) in [6.07, 6.45) is 1.46. The molecule has 1 amide bonds. The monoisotopic (exact) mass is 289 g/mol. The first-order valence-electron chi connectivity index (χ1n) is 6.71. The average molecular weight is 289 g/mol. The number of hydrogen-bond acceptors (Lipinski definition) is 5. The van der Waals surface area contributed by atoms with Crippen molar-refractivity contribution in [2.75, 3.05) is 13.1 Å². The van der Waals surface area contributed by atoms with Gasteiger partial charge in [0.1, 0.15) is 0 Å². The van der Waals surface area contributed by atoms with Crippen LogP contribution in [-0.2, 0) is 4.79 Å². The molecular weight excluding hydrogens is 274 g/mol. The van der Waals surface area contributed by atoms with E-state index in [0.717, 1.165) is 5.39 Å². The molecule has 2 aromatic heterocycles. The second kappa shape index (κ2) is 4.83. The maximum absolute atomic E-state index is 12.3. The number of aromatic nitrogens is 2. The van der Waals surface area contributed by atoms with Crippen molar-refractivity contribution in [1.29, 1.82) is 0 Å². The highest BCUT2D eigenvalue weighted by Gasteiger charge is 2.37. The molecule has 0 spiro atoms. The van der Waals surface area contributed by atoms with Crippen LogP contribution in [0.4, 0.5) is 0 Å². The van der Waals surface area contributed by atoms with E-state index in [9.17, 15) is 9.59 Å². The molecule has 3 rings (SSSR count). The summed E-state index contributed by atoms with van der Waals surface area (Å²) in [6.45, 7) is 4.39. The molecule has 1 fully saturated rings. The van der Waals surface area contributed by atoms with Crippen molar-refractivity contribution in [3.05, 3.63) is 23.5 Å². The molecule has 3 heterocycles. The van der Waals surface area contributed by atoms with E-state index in [4.69, 9.17) is 9.63 Å². The lowest BCUT2D eigenvalue weighted by Crippen LogP contribution is -2.53. The molecule has 21 heavy (non-hydrogen) atoms. The number of amides is 1. The van der Waals surface area contributed by atoms with Crippen LogP contribution in [0.5, 0.6) is 0 Å². The van der Waals surface area contributed by atoms with Gasteiger partial charge in [0.15, 0.2) is 0 Å². The molecule has 1 aliphatic rings. The number of fused-ring (bicyclic) bond motifs is 1. The van der Waals surface area contributed by atoms with E-state index in [1.54, 1.807) is 24.8 Å². The Morgan fingerprint density at radius 3 is 2.86 bits per heavy atom. The zero-order valence-corrected chi connectivity index (χ0v) is 11.7. The zero-order chi connectivity index (χ0) is 15.1. The Balaban J connectivity index is 1.74. The van der Waals surface area contributed by atoms with Crippen LogP contribution in [0.15, 0.2) is 16.8 Å². The minimum Gasteiger partial charge on any atom is -0.481 e. The maximum Gasteiger partial charge on any atom is 0.306 e. The third-order valence-corrected chi connectivity index (χ3v) is 4.05. The second-order valence-electron chi connectivity index (χ2n) is 5.44. The van der Waals surface area contributed by atoms with Gasteiger partial charge < -0.3 is 14.5 Å². The number of carbonyl (C=O) groups excluding carboxylic acids is 1. The topological polar surface area (TPSA) is 96.5 Å². The van der Waals surface area contributed by atoms with E-state index in [1.165, 1.54) is 6.20 Å². The summed E-state index contributed by atoms with van der Waals surface area (Å²) in [4.78, 5) is 28.9. The number of hydrogen-bond donors (Lipinski definition) is 1. The van der Waals surface area contributed by atoms with Crippen LogP contribution >= 0.6 is 0 Å². The summed E-state index contributed by atoms with van der Waals surface area (Å²) in [6, 6.07) is 1.71. The number of aliphatic carboxylic acids is 1. The van der Waals surface area contributed by atoms with Gasteiger partial charge in [-0.3, -0.25) is 9.59 Å². The van der Waals surface area contributed by atoms with Crippen LogP contribution in [0.2, 0.25) is 0 Å². The third kappa shape index (κ3) is 2.24. The summed E-state index contributed by atoms with van der Waals surface area (Å²) in [5, 5.41) is 13.5. The fourth-order valence-corrected chi connectivity index (χ4v) is 2.44. The lowest BCUT2D eigenvalue weighted by molar-refractivity contribution is -0.144. The van der Waals surface area contributed by atoms with Gasteiger partial charge in [-0.25, -0.2) is 4.98 Å². The second-order valence-corrected chi connectivity index (χ2v) is 5.44. The predicted molar refractivity (Wildman–Crippen MR) is 72.7 cm³/mol. The Kier molecular flexibility index (Phi) is 3.12. The van der Waals surface area contributed by atoms with Crippen molar-refractivity contribution in [2.45, 2.75) is 13.8 Å². The molecule has 0 aromatic carbocycles. The fourth-order valence-electron chi connectivity index (χ4n) is 2.44. The number of carbonyl (C=O) groups is 2. The van der Waals surface area contributed by atoms with Gasteiger partial charge in [-0.15, -0.1) is 0 Å². The fraction of sp³-hybridized carbons (Fsp3) is 0.429. The van der Waals surface area contributed by atoms with Gasteiger partial charge in [0.25, 0.3) is 11.6 Å². The zero-order valence-electron chi connectivity index (χ0n) is 11.7. The van der Waals surface area contributed by atoms with E-state index in [-0.39, 0.29) is 11.8 Å². The lowest BCUT2D eigenvalue weighted by atomic mass is 9.86. The maximum atomic E-state index is 12.3. The highest BCUT2D eigenvalue weighted by atomic mass is 16.5. The highest BCUT2D eigenvalue weighted by molar-refractivity contribution is 5.97. The smallest absolute Gasteiger partial charge is 0.306 e. The van der Waals surface area contributed by atoms with Gasteiger partial charge in [0.2, 0.25) is 0 Å². The van der Waals surface area contributed by atoms with Gasteiger partial charge >= 0.3 is 5.97 Å². The van der Waals surface area contributed by atoms with Crippen LogP contribution < -0.4 is 0 Å². The number of carboxylic acid groups (broad SMARTS) is 1. The number of rotatable bonds is 3. The van der Waals surface area contributed by atoms with Crippen molar-refractivity contribution in [3.8, 4) is 0 Å². The molecule has 0 radical (unpaired) electrons. The molecule has 0 bridgehead atoms. The number of pyridine rings is 1. The molecule has 110 valence electrons. The molecule has 1 unspecified atom stereocenters. The standard InChI is InChI=1S/C14H15N3O4/c1-7(14(19)20)10-5-17(6-10)13(18)9-3-11-8(2)16-21-12(11)15-4-9/h3-4,7,10H,5-6H2,1-2H3,(H,19,20).